The number of nitrogens with zero attached hydrogens (tertiary/aromatic N) is 4. The average Bonchev–Trinajstić information content (AvgIpc) is 2.91. The summed E-state index contributed by atoms with van der Waals surface area (Å²) >= 11 is 0. The quantitative estimate of drug-likeness (QED) is 0.320. The first-order valence-electron chi connectivity index (χ1n) is 12.8. The van der Waals surface area contributed by atoms with E-state index >= 15 is 0 Å². The molecule has 0 N–H and O–H groups in total. The number of carbonyl (C=O) groups is 1. The number of hydrogen-bond acceptors (Lipinski definition) is 3. The molecule has 180 valence electrons. The molecule has 0 saturated carbocycles. The van der Waals surface area contributed by atoms with Crippen LogP contribution in [0.1, 0.15) is 43.7 Å². The summed E-state index contributed by atoms with van der Waals surface area (Å²) in [6.45, 7) is 0.450. The molecule has 0 fully saturated rings. The number of hydrazine groups is 1. The first-order chi connectivity index (χ1) is 17.1. The fourth-order valence-electron chi connectivity index (χ4n) is 4.23. The third-order valence-electron chi connectivity index (χ3n) is 6.23. The number of urea groups is 1. The number of aryl methyl sites for hydroxylation is 2. The first-order valence-corrected chi connectivity index (χ1v) is 12.1. The average molecular weight is 460 g/mol. The number of benzene rings is 2. The lowest BCUT2D eigenvalue weighted by atomic mass is 9.98. The topological polar surface area (TPSA) is 39.7 Å². The maximum Gasteiger partial charge on any atom is 0.334 e. The van der Waals surface area contributed by atoms with Crippen LogP contribution in [0.5, 0.6) is 0 Å². The van der Waals surface area contributed by atoms with Crippen molar-refractivity contribution in [1.82, 2.24) is 19.9 Å². The molecule has 0 radical (unpaired) electrons. The molecular weight excluding hydrogens is 420 g/mol. The van der Waals surface area contributed by atoms with Gasteiger partial charge in [-0.2, -0.15) is 0 Å². The molecule has 0 aliphatic rings. The fraction of sp³-hybridized carbons (Fsp3) is 0.379. The molecule has 34 heavy (non-hydrogen) atoms. The van der Waals surface area contributed by atoms with E-state index in [0.717, 1.165) is 44.1 Å². The maximum absolute atomic E-state index is 13.7. The van der Waals surface area contributed by atoms with Crippen molar-refractivity contribution in [2.45, 2.75) is 51.1 Å². The highest BCUT2D eigenvalue weighted by Crippen LogP contribution is 2.19. The molecule has 5 nitrogen and oxygen atoms in total. The standard InChI is InChI=1S/C29H38N4O/c1-31(2)33(24-27-15-8-5-9-16-27)29(34)32(3)28(20-10-17-25-13-6-4-7-14-25)21-11-18-26-19-12-22-30-23-26/h4-9,12-16,19,22-23,28H,10-11,17-18,20-21,24H2,1-3H3/i1D. The first kappa shape index (κ1) is 24.0. The van der Waals surface area contributed by atoms with Gasteiger partial charge < -0.3 is 4.90 Å². The van der Waals surface area contributed by atoms with Crippen LogP contribution in [0.25, 0.3) is 0 Å². The molecule has 3 rings (SSSR count). The Morgan fingerprint density at radius 3 is 2.03 bits per heavy atom. The molecule has 0 aliphatic carbocycles. The van der Waals surface area contributed by atoms with Crippen molar-refractivity contribution in [3.63, 3.8) is 0 Å². The van der Waals surface area contributed by atoms with Gasteiger partial charge in [0.1, 0.15) is 0 Å². The molecular formula is C29H38N4O. The van der Waals surface area contributed by atoms with Crippen LogP contribution in [-0.2, 0) is 19.4 Å². The smallest absolute Gasteiger partial charge is 0.324 e. The van der Waals surface area contributed by atoms with Crippen LogP contribution in [-0.4, -0.2) is 53.1 Å². The van der Waals surface area contributed by atoms with Crippen LogP contribution < -0.4 is 0 Å². The predicted octanol–water partition coefficient (Wildman–Crippen LogP) is 5.83. The Kier molecular flexibility index (Phi) is 9.52. The molecule has 2 aromatic carbocycles. The summed E-state index contributed by atoms with van der Waals surface area (Å²) in [6, 6.07) is 24.6. The van der Waals surface area contributed by atoms with Gasteiger partial charge in [0.2, 0.25) is 0 Å². The summed E-state index contributed by atoms with van der Waals surface area (Å²) in [7, 11) is 3.73. The molecule has 0 saturated heterocycles. The molecule has 0 aliphatic heterocycles. The van der Waals surface area contributed by atoms with Gasteiger partial charge in [-0.25, -0.2) is 9.80 Å². The minimum atomic E-state index is -0.0605. The van der Waals surface area contributed by atoms with Crippen molar-refractivity contribution in [3.8, 4) is 0 Å². The Hall–Kier alpha value is -3.18. The number of rotatable bonds is 12. The van der Waals surface area contributed by atoms with Crippen LogP contribution in [0.3, 0.4) is 0 Å². The fourth-order valence-corrected chi connectivity index (χ4v) is 4.23. The summed E-state index contributed by atoms with van der Waals surface area (Å²) in [5.41, 5.74) is 3.60. The van der Waals surface area contributed by atoms with E-state index in [4.69, 9.17) is 1.37 Å². The summed E-state index contributed by atoms with van der Waals surface area (Å²) in [5.74, 6) is 0. The maximum atomic E-state index is 13.7. The van der Waals surface area contributed by atoms with Crippen molar-refractivity contribution in [2.24, 2.45) is 0 Å². The van der Waals surface area contributed by atoms with E-state index < -0.39 is 0 Å². The number of aromatic nitrogens is 1. The molecule has 0 spiro atoms. The Morgan fingerprint density at radius 1 is 0.853 bits per heavy atom. The SMILES string of the molecule is [2H]CN(C)N(Cc1ccccc1)C(=O)N(C)C(CCCc1ccccc1)CCCc1cccnc1. The monoisotopic (exact) mass is 459 g/mol. The Morgan fingerprint density at radius 2 is 1.44 bits per heavy atom. The van der Waals surface area contributed by atoms with Crippen molar-refractivity contribution >= 4 is 6.03 Å². The van der Waals surface area contributed by atoms with Crippen LogP contribution >= 0.6 is 0 Å². The summed E-state index contributed by atoms with van der Waals surface area (Å²) in [4.78, 5) is 19.8. The van der Waals surface area contributed by atoms with Gasteiger partial charge in [-0.3, -0.25) is 9.99 Å². The summed E-state index contributed by atoms with van der Waals surface area (Å²) < 4.78 is 7.87. The zero-order valence-corrected chi connectivity index (χ0v) is 20.5. The molecule has 0 bridgehead atoms. The van der Waals surface area contributed by atoms with Crippen molar-refractivity contribution in [3.05, 3.63) is 102 Å². The van der Waals surface area contributed by atoms with Crippen molar-refractivity contribution in [2.75, 3.05) is 21.1 Å². The Bertz CT molecular complexity index is 942. The Balaban J connectivity index is 1.68. The van der Waals surface area contributed by atoms with Gasteiger partial charge in [0, 0.05) is 40.9 Å². The summed E-state index contributed by atoms with van der Waals surface area (Å²) in [5, 5.41) is 3.37. The third-order valence-corrected chi connectivity index (χ3v) is 6.23. The van der Waals surface area contributed by atoms with E-state index in [0.29, 0.717) is 6.54 Å². The Labute approximate surface area is 206 Å². The number of pyridine rings is 1. The van der Waals surface area contributed by atoms with Gasteiger partial charge in [0.15, 0.2) is 0 Å². The lowest BCUT2D eigenvalue weighted by Crippen LogP contribution is -2.50. The van der Waals surface area contributed by atoms with Crippen LogP contribution in [0.15, 0.2) is 85.2 Å². The highest BCUT2D eigenvalue weighted by molar-refractivity contribution is 5.74. The zero-order valence-electron chi connectivity index (χ0n) is 21.5. The second-order valence-corrected chi connectivity index (χ2v) is 8.88. The lowest BCUT2D eigenvalue weighted by molar-refractivity contribution is 0.0293. The molecule has 3 aromatic rings. The molecule has 1 unspecified atom stereocenters. The van der Waals surface area contributed by atoms with Gasteiger partial charge in [0.25, 0.3) is 0 Å². The van der Waals surface area contributed by atoms with E-state index in [-0.39, 0.29) is 19.1 Å². The van der Waals surface area contributed by atoms with Gasteiger partial charge in [-0.15, -0.1) is 0 Å². The van der Waals surface area contributed by atoms with Crippen molar-refractivity contribution < 1.29 is 6.17 Å². The number of hydrogen-bond donors (Lipinski definition) is 0. The van der Waals surface area contributed by atoms with Crippen LogP contribution in [0.2, 0.25) is 0 Å². The highest BCUT2D eigenvalue weighted by Gasteiger charge is 2.26. The second-order valence-electron chi connectivity index (χ2n) is 8.88. The molecule has 2 amide bonds. The van der Waals surface area contributed by atoms with Crippen LogP contribution in [0.4, 0.5) is 4.79 Å². The minimum absolute atomic E-state index is 0.0199. The van der Waals surface area contributed by atoms with Gasteiger partial charge in [-0.1, -0.05) is 66.7 Å². The largest absolute Gasteiger partial charge is 0.334 e. The molecule has 1 aromatic heterocycles. The number of amides is 2. The highest BCUT2D eigenvalue weighted by atomic mass is 16.2. The van der Waals surface area contributed by atoms with Gasteiger partial charge in [-0.05, 0) is 61.3 Å². The molecule has 1 heterocycles. The summed E-state index contributed by atoms with van der Waals surface area (Å²) in [6.07, 6.45) is 9.55. The zero-order chi connectivity index (χ0) is 24.9. The van der Waals surface area contributed by atoms with Gasteiger partial charge >= 0.3 is 6.03 Å². The van der Waals surface area contributed by atoms with E-state index in [2.05, 4.69) is 35.3 Å². The van der Waals surface area contributed by atoms with E-state index in [1.807, 2.05) is 60.6 Å². The minimum Gasteiger partial charge on any atom is -0.324 e. The van der Waals surface area contributed by atoms with Crippen molar-refractivity contribution in [1.29, 1.82) is 0 Å². The lowest BCUT2D eigenvalue weighted by Gasteiger charge is -2.36. The second kappa shape index (κ2) is 13.5. The predicted molar refractivity (Wildman–Crippen MR) is 139 cm³/mol. The number of carbonyl (C=O) groups excluding carboxylic acids is 1. The van der Waals surface area contributed by atoms with E-state index in [1.54, 1.807) is 23.3 Å². The van der Waals surface area contributed by atoms with E-state index in [9.17, 15) is 4.79 Å². The van der Waals surface area contributed by atoms with Gasteiger partial charge in [0.05, 0.1) is 6.54 Å². The third kappa shape index (κ3) is 7.99. The molecule has 5 heteroatoms. The van der Waals surface area contributed by atoms with E-state index in [1.165, 1.54) is 11.1 Å². The molecule has 1 atom stereocenters. The normalized spacial score (nSPS) is 12.3. The van der Waals surface area contributed by atoms with Crippen LogP contribution in [0, 0.1) is 0 Å².